The summed E-state index contributed by atoms with van der Waals surface area (Å²) in [5, 5.41) is 4.23. The molecule has 0 amide bonds. The number of hydrogen-bond acceptors (Lipinski definition) is 5. The molecule has 0 saturated carbocycles. The smallest absolute Gasteiger partial charge is 0.201 e. The zero-order valence-corrected chi connectivity index (χ0v) is 18.4. The molecule has 5 rings (SSSR count). The van der Waals surface area contributed by atoms with Gasteiger partial charge in [-0.05, 0) is 53.3 Å². The fourth-order valence-corrected chi connectivity index (χ4v) is 5.37. The number of nitrogens with zero attached hydrogens (tertiary/aromatic N) is 1. The number of nitrogens with two attached hydrogens (primary N) is 1. The molecule has 2 aromatic carbocycles. The molecule has 5 aromatic rings. The van der Waals surface area contributed by atoms with Crippen molar-refractivity contribution in [2.45, 2.75) is 13.5 Å². The van der Waals surface area contributed by atoms with E-state index >= 15 is 0 Å². The molecule has 31 heavy (non-hydrogen) atoms. The average Bonchev–Trinajstić information content (AvgIpc) is 3.35. The van der Waals surface area contributed by atoms with Crippen LogP contribution in [-0.4, -0.2) is 18.4 Å². The third-order valence-electron chi connectivity index (χ3n) is 5.34. The molecular weight excluding hydrogens is 428 g/mol. The molecule has 0 aliphatic rings. The number of anilines is 1. The van der Waals surface area contributed by atoms with Crippen molar-refractivity contribution in [3.05, 3.63) is 71.4 Å². The maximum Gasteiger partial charge on any atom is 0.201 e. The Hall–Kier alpha value is -3.20. The third-order valence-corrected chi connectivity index (χ3v) is 6.77. The minimum Gasteiger partial charge on any atom is -0.383 e. The molecule has 0 bridgehead atoms. The highest BCUT2D eigenvalue weighted by molar-refractivity contribution is 7.70. The number of thiol groups is 1. The molecule has 0 unspecified atom stereocenters. The lowest BCUT2D eigenvalue weighted by Crippen LogP contribution is -2.10. The van der Waals surface area contributed by atoms with Crippen LogP contribution in [0.25, 0.3) is 43.2 Å². The van der Waals surface area contributed by atoms with Crippen LogP contribution in [0.2, 0.25) is 0 Å². The monoisotopic (exact) mass is 448 g/mol. The standard InChI is InChI=1S/C23H20N4O2S2/c1-13-7-17-9-16(5-6-20(17)27-13)19-12-30-22-18(11-25-23(24)21(19)22)15-4-2-3-14(8-15)10-26-31(28)29/h2-9,11-12,27,31H,10H2,1H3,(H2,24,25)(H,26,28,29). The number of aromatic amines is 1. The summed E-state index contributed by atoms with van der Waals surface area (Å²) < 4.78 is 25.2. The highest BCUT2D eigenvalue weighted by Gasteiger charge is 2.16. The Bertz CT molecular complexity index is 1510. The van der Waals surface area contributed by atoms with E-state index in [4.69, 9.17) is 5.73 Å². The molecule has 156 valence electrons. The number of aryl methyl sites for hydroxylation is 1. The Kier molecular flexibility index (Phi) is 4.97. The quantitative estimate of drug-likeness (QED) is 0.295. The number of nitrogens with one attached hydrogen (secondary N) is 2. The molecule has 3 heterocycles. The summed E-state index contributed by atoms with van der Waals surface area (Å²) in [6, 6.07) is 16.3. The lowest BCUT2D eigenvalue weighted by atomic mass is 9.99. The molecule has 6 nitrogen and oxygen atoms in total. The number of fused-ring (bicyclic) bond motifs is 2. The lowest BCUT2D eigenvalue weighted by molar-refractivity contribution is 0.601. The first kappa shape index (κ1) is 19.7. The van der Waals surface area contributed by atoms with Crippen molar-refractivity contribution in [2.24, 2.45) is 0 Å². The summed E-state index contributed by atoms with van der Waals surface area (Å²) in [5.41, 5.74) is 13.6. The summed E-state index contributed by atoms with van der Waals surface area (Å²) in [7, 11) is -2.63. The molecule has 4 N–H and O–H groups in total. The molecular formula is C23H20N4O2S2. The summed E-state index contributed by atoms with van der Waals surface area (Å²) in [4.78, 5) is 7.83. The van der Waals surface area contributed by atoms with Crippen molar-refractivity contribution in [3.63, 3.8) is 0 Å². The van der Waals surface area contributed by atoms with E-state index in [-0.39, 0.29) is 6.54 Å². The summed E-state index contributed by atoms with van der Waals surface area (Å²) >= 11 is 1.64. The van der Waals surface area contributed by atoms with Gasteiger partial charge >= 0.3 is 0 Å². The maximum atomic E-state index is 10.9. The van der Waals surface area contributed by atoms with Crippen LogP contribution >= 0.6 is 11.3 Å². The molecule has 0 spiro atoms. The van der Waals surface area contributed by atoms with Crippen LogP contribution in [0.1, 0.15) is 11.3 Å². The highest BCUT2D eigenvalue weighted by atomic mass is 32.2. The van der Waals surface area contributed by atoms with E-state index in [9.17, 15) is 8.42 Å². The van der Waals surface area contributed by atoms with Gasteiger partial charge in [-0.15, -0.1) is 11.3 Å². The van der Waals surface area contributed by atoms with Crippen LogP contribution in [0.3, 0.4) is 0 Å². The SMILES string of the molecule is Cc1cc2cc(-c3csc4c(-c5cccc(CN[SH](=O)=O)c5)cnc(N)c34)ccc2[nH]1. The van der Waals surface area contributed by atoms with E-state index < -0.39 is 10.9 Å². The Morgan fingerprint density at radius 3 is 2.77 bits per heavy atom. The minimum absolute atomic E-state index is 0.254. The van der Waals surface area contributed by atoms with Gasteiger partial charge in [-0.1, -0.05) is 24.3 Å². The number of benzene rings is 2. The van der Waals surface area contributed by atoms with Gasteiger partial charge in [0.15, 0.2) is 0 Å². The summed E-state index contributed by atoms with van der Waals surface area (Å²) in [6.45, 7) is 2.30. The van der Waals surface area contributed by atoms with Crippen LogP contribution in [0.15, 0.2) is 60.1 Å². The van der Waals surface area contributed by atoms with Gasteiger partial charge in [0.05, 0.1) is 0 Å². The summed E-state index contributed by atoms with van der Waals surface area (Å²) in [6.07, 6.45) is 1.79. The van der Waals surface area contributed by atoms with Crippen molar-refractivity contribution < 1.29 is 8.42 Å². The fraction of sp³-hybridized carbons (Fsp3) is 0.0870. The van der Waals surface area contributed by atoms with E-state index in [1.54, 1.807) is 17.5 Å². The van der Waals surface area contributed by atoms with Crippen LogP contribution in [0, 0.1) is 6.92 Å². The van der Waals surface area contributed by atoms with Gasteiger partial charge in [-0.3, -0.25) is 0 Å². The second kappa shape index (κ2) is 7.81. The third kappa shape index (κ3) is 3.69. The van der Waals surface area contributed by atoms with Crippen molar-refractivity contribution in [1.29, 1.82) is 0 Å². The predicted octanol–water partition coefficient (Wildman–Crippen LogP) is 4.62. The first-order valence-corrected chi connectivity index (χ1v) is 11.8. The van der Waals surface area contributed by atoms with E-state index in [0.29, 0.717) is 5.82 Å². The second-order valence-corrected chi connectivity index (χ2v) is 9.17. The Morgan fingerprint density at radius 2 is 1.94 bits per heavy atom. The number of pyridine rings is 1. The maximum absolute atomic E-state index is 10.9. The number of nitrogen functional groups attached to an aromatic ring is 1. The zero-order valence-electron chi connectivity index (χ0n) is 16.7. The van der Waals surface area contributed by atoms with Crippen molar-refractivity contribution in [1.82, 2.24) is 14.7 Å². The fourth-order valence-electron chi connectivity index (χ4n) is 3.94. The Labute approximate surface area is 184 Å². The average molecular weight is 449 g/mol. The van der Waals surface area contributed by atoms with Crippen LogP contribution in [0.5, 0.6) is 0 Å². The molecule has 8 heteroatoms. The second-order valence-electron chi connectivity index (χ2n) is 7.46. The topological polar surface area (TPSA) is 101 Å². The number of thiophene rings is 1. The highest BCUT2D eigenvalue weighted by Crippen LogP contribution is 2.42. The van der Waals surface area contributed by atoms with E-state index in [1.807, 2.05) is 31.2 Å². The van der Waals surface area contributed by atoms with Gasteiger partial charge in [-0.2, -0.15) is 0 Å². The lowest BCUT2D eigenvalue weighted by Gasteiger charge is -2.08. The van der Waals surface area contributed by atoms with Gasteiger partial charge < -0.3 is 10.7 Å². The molecule has 3 aromatic heterocycles. The van der Waals surface area contributed by atoms with E-state index in [1.165, 1.54) is 0 Å². The van der Waals surface area contributed by atoms with Gasteiger partial charge in [0.25, 0.3) is 0 Å². The van der Waals surface area contributed by atoms with Crippen molar-refractivity contribution in [2.75, 3.05) is 5.73 Å². The van der Waals surface area contributed by atoms with E-state index in [0.717, 1.165) is 54.5 Å². The van der Waals surface area contributed by atoms with Crippen LogP contribution < -0.4 is 10.5 Å². The van der Waals surface area contributed by atoms with Crippen LogP contribution in [-0.2, 0) is 17.4 Å². The summed E-state index contributed by atoms with van der Waals surface area (Å²) in [5.74, 6) is 0.501. The van der Waals surface area contributed by atoms with Crippen molar-refractivity contribution >= 4 is 49.0 Å². The number of hydrogen-bond donors (Lipinski definition) is 4. The molecule has 0 radical (unpaired) electrons. The van der Waals surface area contributed by atoms with Gasteiger partial charge in [0, 0.05) is 50.6 Å². The predicted molar refractivity (Wildman–Crippen MR) is 129 cm³/mol. The van der Waals surface area contributed by atoms with Gasteiger partial charge in [0.2, 0.25) is 10.9 Å². The molecule has 0 aliphatic heterocycles. The number of aromatic nitrogens is 2. The Balaban J connectivity index is 1.63. The molecule has 0 atom stereocenters. The Morgan fingerprint density at radius 1 is 1.10 bits per heavy atom. The van der Waals surface area contributed by atoms with Crippen LogP contribution in [0.4, 0.5) is 5.82 Å². The number of H-pyrrole nitrogens is 1. The molecule has 0 aliphatic carbocycles. The van der Waals surface area contributed by atoms with Gasteiger partial charge in [-0.25, -0.2) is 18.1 Å². The molecule has 0 saturated heterocycles. The zero-order chi connectivity index (χ0) is 21.5. The number of rotatable bonds is 5. The molecule has 0 fully saturated rings. The first-order chi connectivity index (χ1) is 15.0. The van der Waals surface area contributed by atoms with Gasteiger partial charge in [0.1, 0.15) is 5.82 Å². The largest absolute Gasteiger partial charge is 0.383 e. The normalized spacial score (nSPS) is 11.7. The minimum atomic E-state index is -2.63. The first-order valence-electron chi connectivity index (χ1n) is 9.72. The van der Waals surface area contributed by atoms with Crippen molar-refractivity contribution in [3.8, 4) is 22.3 Å². The van der Waals surface area contributed by atoms with E-state index in [2.05, 4.69) is 44.3 Å².